The Morgan fingerprint density at radius 3 is 2.39 bits per heavy atom. The largest absolute Gasteiger partial charge is 0.494 e. The average Bonchev–Trinajstić information content (AvgIpc) is 3.15. The second-order valence-electron chi connectivity index (χ2n) is 7.95. The molecule has 0 aliphatic rings. The first-order valence-electron chi connectivity index (χ1n) is 11.6. The van der Waals surface area contributed by atoms with Crippen molar-refractivity contribution in [1.29, 1.82) is 0 Å². The molecule has 3 rings (SSSR count). The number of rotatable bonds is 14. The van der Waals surface area contributed by atoms with E-state index in [1.165, 1.54) is 44.9 Å². The van der Waals surface area contributed by atoms with E-state index >= 15 is 0 Å². The lowest BCUT2D eigenvalue weighted by Crippen LogP contribution is -1.97. The minimum Gasteiger partial charge on any atom is -0.494 e. The molecule has 0 bridgehead atoms. The smallest absolute Gasteiger partial charge is 0.230 e. The number of aliphatic imine (C=N–C) groups is 1. The van der Waals surface area contributed by atoms with Crippen LogP contribution in [0.25, 0.3) is 11.0 Å². The number of nitrogens with zero attached hydrogens (tertiary/aromatic N) is 3. The molecule has 3 aromatic rings. The maximum atomic E-state index is 5.89. The molecule has 0 saturated carbocycles. The highest BCUT2D eigenvalue weighted by Gasteiger charge is 2.07. The Balaban J connectivity index is 1.46. The molecule has 2 aromatic carbocycles. The Morgan fingerprint density at radius 2 is 1.65 bits per heavy atom. The van der Waals surface area contributed by atoms with Crippen molar-refractivity contribution in [3.8, 4) is 5.75 Å². The summed E-state index contributed by atoms with van der Waals surface area (Å²) in [5, 5.41) is 0. The lowest BCUT2D eigenvalue weighted by molar-refractivity contribution is 0.304. The van der Waals surface area contributed by atoms with Gasteiger partial charge in [0.2, 0.25) is 5.95 Å². The number of allylic oxidation sites excluding steroid dienone is 1. The zero-order valence-corrected chi connectivity index (χ0v) is 18.8. The zero-order chi connectivity index (χ0) is 21.7. The van der Waals surface area contributed by atoms with Gasteiger partial charge in [-0.2, -0.15) is 0 Å². The van der Waals surface area contributed by atoms with Crippen LogP contribution in [0.5, 0.6) is 5.75 Å². The van der Waals surface area contributed by atoms with E-state index in [0.29, 0.717) is 12.5 Å². The number of hydrogen-bond donors (Lipinski definition) is 0. The molecular formula is C27H35N3O. The molecular weight excluding hydrogens is 382 g/mol. The van der Waals surface area contributed by atoms with Crippen LogP contribution in [0.2, 0.25) is 0 Å². The maximum Gasteiger partial charge on any atom is 0.230 e. The normalized spacial score (nSPS) is 11.4. The number of fused-ring (bicyclic) bond motifs is 1. The number of benzene rings is 2. The third-order valence-corrected chi connectivity index (χ3v) is 5.42. The Hall–Kier alpha value is -2.88. The van der Waals surface area contributed by atoms with E-state index in [0.717, 1.165) is 35.4 Å². The van der Waals surface area contributed by atoms with Gasteiger partial charge in [0, 0.05) is 12.8 Å². The second kappa shape index (κ2) is 12.7. The van der Waals surface area contributed by atoms with Crippen molar-refractivity contribution in [3.05, 3.63) is 66.7 Å². The first-order valence-corrected chi connectivity index (χ1v) is 11.6. The molecule has 0 radical (unpaired) electrons. The van der Waals surface area contributed by atoms with Crippen LogP contribution in [0.3, 0.4) is 0 Å². The molecule has 0 aliphatic heterocycles. The summed E-state index contributed by atoms with van der Waals surface area (Å²) in [6.45, 7) is 7.58. The van der Waals surface area contributed by atoms with Crippen molar-refractivity contribution in [2.75, 3.05) is 6.61 Å². The third kappa shape index (κ3) is 7.09. The zero-order valence-electron chi connectivity index (χ0n) is 18.8. The van der Waals surface area contributed by atoms with Crippen LogP contribution in [-0.2, 0) is 6.54 Å². The third-order valence-electron chi connectivity index (χ3n) is 5.42. The second-order valence-corrected chi connectivity index (χ2v) is 7.95. The first kappa shape index (κ1) is 22.8. The number of para-hydroxylation sites is 2. The van der Waals surface area contributed by atoms with Crippen LogP contribution in [0, 0.1) is 0 Å². The summed E-state index contributed by atoms with van der Waals surface area (Å²) in [6, 6.07) is 16.2. The molecule has 164 valence electrons. The van der Waals surface area contributed by atoms with Crippen LogP contribution in [-0.4, -0.2) is 22.4 Å². The summed E-state index contributed by atoms with van der Waals surface area (Å²) in [6.07, 6.45) is 14.2. The number of unbranched alkanes of at least 4 members (excludes halogenated alkanes) is 7. The fourth-order valence-electron chi connectivity index (χ4n) is 3.68. The highest BCUT2D eigenvalue weighted by Crippen LogP contribution is 2.22. The van der Waals surface area contributed by atoms with Gasteiger partial charge in [0.05, 0.1) is 17.6 Å². The Kier molecular flexibility index (Phi) is 9.36. The molecule has 0 aliphatic carbocycles. The SMILES string of the molecule is C=CCn1c(N=Cc2ccc(OCCCCCCCCCC)cc2)nc2ccccc21. The van der Waals surface area contributed by atoms with Crippen LogP contribution in [0.15, 0.2) is 66.2 Å². The van der Waals surface area contributed by atoms with Crippen molar-refractivity contribution in [1.82, 2.24) is 9.55 Å². The van der Waals surface area contributed by atoms with Crippen molar-refractivity contribution in [3.63, 3.8) is 0 Å². The maximum absolute atomic E-state index is 5.89. The fourth-order valence-corrected chi connectivity index (χ4v) is 3.68. The van der Waals surface area contributed by atoms with Crippen molar-refractivity contribution in [2.24, 2.45) is 4.99 Å². The minimum atomic E-state index is 0.679. The summed E-state index contributed by atoms with van der Waals surface area (Å²) in [4.78, 5) is 9.26. The monoisotopic (exact) mass is 417 g/mol. The number of hydrogen-bond acceptors (Lipinski definition) is 3. The molecule has 0 unspecified atom stereocenters. The summed E-state index contributed by atoms with van der Waals surface area (Å²) in [5.41, 5.74) is 3.04. The van der Waals surface area contributed by atoms with E-state index in [-0.39, 0.29) is 0 Å². The Bertz CT molecular complexity index is 956. The van der Waals surface area contributed by atoms with Crippen molar-refractivity contribution in [2.45, 2.75) is 64.8 Å². The van der Waals surface area contributed by atoms with Crippen LogP contribution < -0.4 is 4.74 Å². The van der Waals surface area contributed by atoms with Gasteiger partial charge in [-0.05, 0) is 48.4 Å². The van der Waals surface area contributed by atoms with E-state index in [4.69, 9.17) is 4.74 Å². The van der Waals surface area contributed by atoms with Crippen LogP contribution in [0.4, 0.5) is 5.95 Å². The summed E-state index contributed by atoms with van der Waals surface area (Å²) >= 11 is 0. The molecule has 0 atom stereocenters. The van der Waals surface area contributed by atoms with Crippen LogP contribution >= 0.6 is 0 Å². The van der Waals surface area contributed by atoms with Crippen LogP contribution in [0.1, 0.15) is 63.9 Å². The van der Waals surface area contributed by atoms with E-state index in [1.807, 2.05) is 54.8 Å². The highest BCUT2D eigenvalue weighted by atomic mass is 16.5. The number of imidazole rings is 1. The van der Waals surface area contributed by atoms with Gasteiger partial charge in [0.1, 0.15) is 5.75 Å². The predicted octanol–water partition coefficient (Wildman–Crippen LogP) is 7.49. The molecule has 1 aromatic heterocycles. The first-order chi connectivity index (χ1) is 15.3. The van der Waals surface area contributed by atoms with Gasteiger partial charge in [0.15, 0.2) is 0 Å². The lowest BCUT2D eigenvalue weighted by Gasteiger charge is -2.06. The molecule has 0 spiro atoms. The molecule has 0 saturated heterocycles. The van der Waals surface area contributed by atoms with Gasteiger partial charge < -0.3 is 9.30 Å². The summed E-state index contributed by atoms with van der Waals surface area (Å²) < 4.78 is 7.96. The van der Waals surface area contributed by atoms with E-state index in [1.54, 1.807) is 0 Å². The number of ether oxygens (including phenoxy) is 1. The Labute approximate surface area is 186 Å². The standard InChI is InChI=1S/C27H35N3O/c1-3-5-6-7-8-9-10-13-21-31-24-18-16-23(17-19-24)22-28-27-29-25-14-11-12-15-26(25)30(27)20-4-2/h4,11-12,14-19,22H,2-3,5-10,13,20-21H2,1H3. The summed E-state index contributed by atoms with van der Waals surface area (Å²) in [7, 11) is 0. The fraction of sp³-hybridized carbons (Fsp3) is 0.407. The lowest BCUT2D eigenvalue weighted by atomic mass is 10.1. The highest BCUT2D eigenvalue weighted by molar-refractivity contribution is 5.83. The van der Waals surface area contributed by atoms with Gasteiger partial charge in [0.25, 0.3) is 0 Å². The van der Waals surface area contributed by atoms with Crippen molar-refractivity contribution >= 4 is 23.2 Å². The van der Waals surface area contributed by atoms with E-state index in [9.17, 15) is 0 Å². The molecule has 0 amide bonds. The Morgan fingerprint density at radius 1 is 0.935 bits per heavy atom. The molecule has 0 N–H and O–H groups in total. The molecule has 4 nitrogen and oxygen atoms in total. The molecule has 0 fully saturated rings. The van der Waals surface area contributed by atoms with Gasteiger partial charge >= 0.3 is 0 Å². The quantitative estimate of drug-likeness (QED) is 0.155. The van der Waals surface area contributed by atoms with E-state index < -0.39 is 0 Å². The van der Waals surface area contributed by atoms with Gasteiger partial charge in [-0.15, -0.1) is 6.58 Å². The summed E-state index contributed by atoms with van der Waals surface area (Å²) in [5.74, 6) is 1.61. The van der Waals surface area contributed by atoms with Gasteiger partial charge in [-0.3, -0.25) is 0 Å². The van der Waals surface area contributed by atoms with E-state index in [2.05, 4.69) is 34.1 Å². The average molecular weight is 418 g/mol. The molecule has 31 heavy (non-hydrogen) atoms. The minimum absolute atomic E-state index is 0.679. The van der Waals surface area contributed by atoms with Gasteiger partial charge in [-0.25, -0.2) is 9.98 Å². The predicted molar refractivity (Wildman–Crippen MR) is 132 cm³/mol. The van der Waals surface area contributed by atoms with Crippen molar-refractivity contribution < 1.29 is 4.74 Å². The topological polar surface area (TPSA) is 39.4 Å². The van der Waals surface area contributed by atoms with Gasteiger partial charge in [-0.1, -0.05) is 70.1 Å². The molecule has 4 heteroatoms. The number of aromatic nitrogens is 2. The molecule has 1 heterocycles.